The summed E-state index contributed by atoms with van der Waals surface area (Å²) >= 11 is 0. The molecule has 1 aliphatic rings. The molecule has 2 amide bonds. The number of aromatic amines is 2. The summed E-state index contributed by atoms with van der Waals surface area (Å²) in [5.74, 6) is -2.11. The summed E-state index contributed by atoms with van der Waals surface area (Å²) in [6.45, 7) is 0. The van der Waals surface area contributed by atoms with Crippen LogP contribution in [-0.2, 0) is 0 Å². The Morgan fingerprint density at radius 3 is 2.17 bits per heavy atom. The van der Waals surface area contributed by atoms with Crippen LogP contribution in [-0.4, -0.2) is 32.5 Å². The molecule has 0 saturated heterocycles. The van der Waals surface area contributed by atoms with Crippen LogP contribution in [0.25, 0.3) is 0 Å². The number of non-ortho nitro benzene ring substituents is 1. The summed E-state index contributed by atoms with van der Waals surface area (Å²) in [5.41, 5.74) is -2.10. The maximum atomic E-state index is 12.7. The summed E-state index contributed by atoms with van der Waals surface area (Å²) in [6.07, 6.45) is 0.950. The third-order valence-electron chi connectivity index (χ3n) is 4.53. The number of carbonyl (C=O) groups is 3. The number of hydrogen-bond donors (Lipinski definition) is 2. The van der Waals surface area contributed by atoms with Crippen LogP contribution in [0.5, 0.6) is 0 Å². The average Bonchev–Trinajstić information content (AvgIpc) is 2.98. The third-order valence-corrected chi connectivity index (χ3v) is 4.53. The fourth-order valence-electron chi connectivity index (χ4n) is 3.07. The smallest absolute Gasteiger partial charge is 0.312 e. The lowest BCUT2D eigenvalue weighted by Crippen LogP contribution is -2.36. The highest BCUT2D eigenvalue weighted by molar-refractivity contribution is 6.34. The topological polar surface area (TPSA) is 163 Å². The van der Waals surface area contributed by atoms with Crippen molar-refractivity contribution in [3.8, 4) is 0 Å². The molecule has 3 aromatic rings. The predicted octanol–water partition coefficient (Wildman–Crippen LogP) is 1.00. The lowest BCUT2D eigenvalue weighted by molar-refractivity contribution is -0.384. The molecular weight excluding hydrogens is 396 g/mol. The molecule has 2 heterocycles. The fourth-order valence-corrected chi connectivity index (χ4v) is 3.07. The molecule has 1 aromatic heterocycles. The maximum Gasteiger partial charge on any atom is 0.325 e. The second-order valence-electron chi connectivity index (χ2n) is 6.30. The van der Waals surface area contributed by atoms with Gasteiger partial charge in [0.15, 0.2) is 5.78 Å². The van der Waals surface area contributed by atoms with Crippen molar-refractivity contribution in [2.45, 2.75) is 0 Å². The molecule has 0 saturated carbocycles. The Kier molecular flexibility index (Phi) is 4.20. The first-order valence-corrected chi connectivity index (χ1v) is 8.42. The van der Waals surface area contributed by atoms with E-state index in [4.69, 9.17) is 0 Å². The van der Waals surface area contributed by atoms with Crippen LogP contribution in [0, 0.1) is 10.1 Å². The van der Waals surface area contributed by atoms with E-state index in [1.165, 1.54) is 42.5 Å². The third kappa shape index (κ3) is 2.90. The fraction of sp³-hybridized carbons (Fsp3) is 0. The van der Waals surface area contributed by atoms with Gasteiger partial charge in [-0.3, -0.25) is 34.3 Å². The number of anilines is 1. The first kappa shape index (κ1) is 18.7. The Balaban J connectivity index is 1.71. The zero-order valence-corrected chi connectivity index (χ0v) is 14.9. The molecule has 11 nitrogen and oxygen atoms in total. The van der Waals surface area contributed by atoms with Crippen LogP contribution in [0.2, 0.25) is 0 Å². The number of H-pyrrole nitrogens is 2. The van der Waals surface area contributed by atoms with E-state index in [0.717, 1.165) is 6.20 Å². The SMILES string of the molecule is O=C(c1ccc([N+](=O)[O-])cc1)c1ccc2c(c1)C(=O)N(c1c[nH]c(=O)[nH]c1=O)C2=O. The van der Waals surface area contributed by atoms with Crippen LogP contribution in [0.1, 0.15) is 36.6 Å². The van der Waals surface area contributed by atoms with Crippen molar-refractivity contribution in [3.63, 3.8) is 0 Å². The molecule has 148 valence electrons. The number of amides is 2. The minimum absolute atomic E-state index is 0.00847. The Morgan fingerprint density at radius 2 is 1.53 bits per heavy atom. The normalized spacial score (nSPS) is 12.7. The molecule has 0 bridgehead atoms. The lowest BCUT2D eigenvalue weighted by atomic mass is 9.99. The quantitative estimate of drug-likeness (QED) is 0.282. The number of nitrogens with one attached hydrogen (secondary N) is 2. The molecule has 4 rings (SSSR count). The number of nitrogens with zero attached hydrogens (tertiary/aromatic N) is 2. The molecule has 0 spiro atoms. The van der Waals surface area contributed by atoms with Crippen molar-refractivity contribution in [1.29, 1.82) is 0 Å². The van der Waals surface area contributed by atoms with Crippen LogP contribution < -0.4 is 16.1 Å². The molecule has 0 radical (unpaired) electrons. The number of nitro groups is 1. The molecular formula is C19H10N4O7. The summed E-state index contributed by atoms with van der Waals surface area (Å²) < 4.78 is 0. The van der Waals surface area contributed by atoms with Gasteiger partial charge in [0.1, 0.15) is 5.69 Å². The molecule has 1 aliphatic heterocycles. The van der Waals surface area contributed by atoms with Gasteiger partial charge >= 0.3 is 5.69 Å². The highest BCUT2D eigenvalue weighted by Gasteiger charge is 2.38. The van der Waals surface area contributed by atoms with Crippen LogP contribution in [0.15, 0.2) is 58.3 Å². The maximum absolute atomic E-state index is 12.7. The monoisotopic (exact) mass is 406 g/mol. The Bertz CT molecular complexity index is 1370. The summed E-state index contributed by atoms with van der Waals surface area (Å²) in [7, 11) is 0. The molecule has 0 fully saturated rings. The van der Waals surface area contributed by atoms with Gasteiger partial charge in [0.05, 0.1) is 16.1 Å². The van der Waals surface area contributed by atoms with Gasteiger partial charge in [0.25, 0.3) is 23.1 Å². The van der Waals surface area contributed by atoms with E-state index >= 15 is 0 Å². The predicted molar refractivity (Wildman–Crippen MR) is 102 cm³/mol. The Hall–Kier alpha value is -4.67. The van der Waals surface area contributed by atoms with Gasteiger partial charge in [-0.1, -0.05) is 6.07 Å². The number of imide groups is 1. The number of ketones is 1. The number of aromatic nitrogens is 2. The second kappa shape index (κ2) is 6.74. The number of fused-ring (bicyclic) bond motifs is 1. The van der Waals surface area contributed by atoms with E-state index in [1.807, 2.05) is 4.98 Å². The lowest BCUT2D eigenvalue weighted by Gasteiger charge is -2.11. The number of benzene rings is 2. The largest absolute Gasteiger partial charge is 0.325 e. The molecule has 2 aromatic carbocycles. The summed E-state index contributed by atoms with van der Waals surface area (Å²) in [4.78, 5) is 76.1. The first-order valence-electron chi connectivity index (χ1n) is 8.42. The van der Waals surface area contributed by atoms with Gasteiger partial charge in [-0.15, -0.1) is 0 Å². The number of carbonyl (C=O) groups excluding carboxylic acids is 3. The van der Waals surface area contributed by atoms with E-state index in [1.54, 1.807) is 0 Å². The van der Waals surface area contributed by atoms with E-state index in [2.05, 4.69) is 4.98 Å². The van der Waals surface area contributed by atoms with Crippen LogP contribution in [0.4, 0.5) is 11.4 Å². The van der Waals surface area contributed by atoms with Crippen molar-refractivity contribution in [3.05, 3.63) is 102 Å². The van der Waals surface area contributed by atoms with Crippen molar-refractivity contribution in [2.75, 3.05) is 4.90 Å². The van der Waals surface area contributed by atoms with Gasteiger partial charge in [-0.05, 0) is 24.3 Å². The first-order chi connectivity index (χ1) is 14.3. The number of rotatable bonds is 4. The summed E-state index contributed by atoms with van der Waals surface area (Å²) in [6, 6.07) is 8.78. The molecule has 2 N–H and O–H groups in total. The zero-order valence-electron chi connectivity index (χ0n) is 14.9. The Morgan fingerprint density at radius 1 is 0.900 bits per heavy atom. The van der Waals surface area contributed by atoms with Gasteiger partial charge < -0.3 is 4.98 Å². The van der Waals surface area contributed by atoms with E-state index < -0.39 is 33.8 Å². The van der Waals surface area contributed by atoms with Crippen molar-refractivity contribution in [2.24, 2.45) is 0 Å². The molecule has 11 heteroatoms. The average molecular weight is 406 g/mol. The van der Waals surface area contributed by atoms with E-state index in [-0.39, 0.29) is 33.6 Å². The van der Waals surface area contributed by atoms with Crippen molar-refractivity contribution >= 4 is 29.0 Å². The minimum atomic E-state index is -0.921. The molecule has 30 heavy (non-hydrogen) atoms. The van der Waals surface area contributed by atoms with Gasteiger partial charge in [0.2, 0.25) is 0 Å². The van der Waals surface area contributed by atoms with Crippen molar-refractivity contribution in [1.82, 2.24) is 9.97 Å². The van der Waals surface area contributed by atoms with E-state index in [0.29, 0.717) is 4.90 Å². The van der Waals surface area contributed by atoms with Gasteiger partial charge in [-0.2, -0.15) is 0 Å². The van der Waals surface area contributed by atoms with Crippen molar-refractivity contribution < 1.29 is 19.3 Å². The summed E-state index contributed by atoms with van der Waals surface area (Å²) in [5, 5.41) is 10.7. The minimum Gasteiger partial charge on any atom is -0.312 e. The second-order valence-corrected chi connectivity index (χ2v) is 6.30. The van der Waals surface area contributed by atoms with Crippen LogP contribution in [0.3, 0.4) is 0 Å². The highest BCUT2D eigenvalue weighted by atomic mass is 16.6. The number of hydrogen-bond acceptors (Lipinski definition) is 7. The zero-order chi connectivity index (χ0) is 21.6. The van der Waals surface area contributed by atoms with Gasteiger partial charge in [-0.25, -0.2) is 9.69 Å². The molecule has 0 unspecified atom stereocenters. The highest BCUT2D eigenvalue weighted by Crippen LogP contribution is 2.27. The Labute approximate surface area is 165 Å². The van der Waals surface area contributed by atoms with Gasteiger partial charge in [0, 0.05) is 29.5 Å². The van der Waals surface area contributed by atoms with E-state index in [9.17, 15) is 34.1 Å². The molecule has 0 atom stereocenters. The number of nitro benzene ring substituents is 1. The standard InChI is InChI=1S/C19H10N4O7/c24-15(9-1-4-11(5-2-9)23(29)30)10-3-6-12-13(7-10)18(27)22(17(12)26)14-8-20-19(28)21-16(14)25/h1-8H,(H2,20,21,25,28). The molecule has 0 aliphatic carbocycles. The van der Waals surface area contributed by atoms with Crippen LogP contribution >= 0.6 is 0 Å².